The van der Waals surface area contributed by atoms with E-state index >= 15 is 0 Å². The fraction of sp³-hybridized carbons (Fsp3) is 0.923. The lowest BCUT2D eigenvalue weighted by molar-refractivity contribution is -0.121. The number of piperidine rings is 1. The number of nitrogens with zero attached hydrogens (tertiary/aromatic N) is 1. The average molecular weight is 239 g/mol. The SMILES string of the molecule is O=C(CC1CCCN1)NCCN1CCCCC1. The summed E-state index contributed by atoms with van der Waals surface area (Å²) in [6, 6.07) is 0.421. The van der Waals surface area contributed by atoms with E-state index in [1.807, 2.05) is 0 Å². The molecule has 2 fully saturated rings. The van der Waals surface area contributed by atoms with E-state index in [2.05, 4.69) is 15.5 Å². The van der Waals surface area contributed by atoms with Crippen molar-refractivity contribution in [2.75, 3.05) is 32.7 Å². The van der Waals surface area contributed by atoms with Gasteiger partial charge in [-0.3, -0.25) is 4.79 Å². The molecule has 0 radical (unpaired) electrons. The van der Waals surface area contributed by atoms with Crippen LogP contribution >= 0.6 is 0 Å². The van der Waals surface area contributed by atoms with Gasteiger partial charge in [-0.1, -0.05) is 6.42 Å². The van der Waals surface area contributed by atoms with E-state index in [1.54, 1.807) is 0 Å². The molecule has 1 amide bonds. The Morgan fingerprint density at radius 3 is 2.76 bits per heavy atom. The highest BCUT2D eigenvalue weighted by Crippen LogP contribution is 2.09. The average Bonchev–Trinajstić information content (AvgIpc) is 2.83. The zero-order valence-corrected chi connectivity index (χ0v) is 10.7. The van der Waals surface area contributed by atoms with Gasteiger partial charge in [-0.15, -0.1) is 0 Å². The number of amides is 1. The zero-order chi connectivity index (χ0) is 11.9. The van der Waals surface area contributed by atoms with E-state index in [-0.39, 0.29) is 5.91 Å². The van der Waals surface area contributed by atoms with Crippen LogP contribution in [0.4, 0.5) is 0 Å². The van der Waals surface area contributed by atoms with Crippen molar-refractivity contribution in [2.45, 2.75) is 44.6 Å². The van der Waals surface area contributed by atoms with Crippen LogP contribution in [0.3, 0.4) is 0 Å². The molecule has 0 aromatic heterocycles. The molecule has 2 N–H and O–H groups in total. The largest absolute Gasteiger partial charge is 0.355 e. The summed E-state index contributed by atoms with van der Waals surface area (Å²) in [4.78, 5) is 14.1. The van der Waals surface area contributed by atoms with E-state index in [4.69, 9.17) is 0 Å². The quantitative estimate of drug-likeness (QED) is 0.743. The van der Waals surface area contributed by atoms with Crippen LogP contribution in [0, 0.1) is 0 Å². The molecule has 0 aliphatic carbocycles. The molecular formula is C13H25N3O. The van der Waals surface area contributed by atoms with Crippen LogP contribution in [0.25, 0.3) is 0 Å². The third-order valence-corrected chi connectivity index (χ3v) is 3.79. The minimum absolute atomic E-state index is 0.210. The molecule has 0 bridgehead atoms. The summed E-state index contributed by atoms with van der Waals surface area (Å²) < 4.78 is 0. The van der Waals surface area contributed by atoms with Gasteiger partial charge in [0.2, 0.25) is 5.91 Å². The molecule has 17 heavy (non-hydrogen) atoms. The van der Waals surface area contributed by atoms with Gasteiger partial charge in [0.15, 0.2) is 0 Å². The van der Waals surface area contributed by atoms with Gasteiger partial charge in [-0.05, 0) is 45.3 Å². The van der Waals surface area contributed by atoms with Gasteiger partial charge in [-0.2, -0.15) is 0 Å². The summed E-state index contributed by atoms with van der Waals surface area (Å²) in [5, 5.41) is 6.39. The van der Waals surface area contributed by atoms with Crippen molar-refractivity contribution in [3.8, 4) is 0 Å². The maximum absolute atomic E-state index is 11.7. The minimum atomic E-state index is 0.210. The second-order valence-electron chi connectivity index (χ2n) is 5.25. The Morgan fingerprint density at radius 1 is 1.24 bits per heavy atom. The lowest BCUT2D eigenvalue weighted by Crippen LogP contribution is -2.39. The van der Waals surface area contributed by atoms with E-state index in [0.29, 0.717) is 12.5 Å². The molecule has 2 saturated heterocycles. The monoisotopic (exact) mass is 239 g/mol. The van der Waals surface area contributed by atoms with Crippen molar-refractivity contribution in [3.63, 3.8) is 0 Å². The van der Waals surface area contributed by atoms with Crippen LogP contribution < -0.4 is 10.6 Å². The lowest BCUT2D eigenvalue weighted by atomic mass is 10.1. The molecule has 1 atom stereocenters. The van der Waals surface area contributed by atoms with Gasteiger partial charge in [0.1, 0.15) is 0 Å². The third-order valence-electron chi connectivity index (χ3n) is 3.79. The molecule has 2 rings (SSSR count). The Hall–Kier alpha value is -0.610. The molecule has 0 saturated carbocycles. The van der Waals surface area contributed by atoms with Crippen LogP contribution in [0.1, 0.15) is 38.5 Å². The molecule has 2 aliphatic heterocycles. The second kappa shape index (κ2) is 6.97. The Kier molecular flexibility index (Phi) is 5.26. The number of rotatable bonds is 5. The molecular weight excluding hydrogens is 214 g/mol. The summed E-state index contributed by atoms with van der Waals surface area (Å²) in [5.41, 5.74) is 0. The first-order valence-corrected chi connectivity index (χ1v) is 7.07. The van der Waals surface area contributed by atoms with Gasteiger partial charge in [0.05, 0.1) is 0 Å². The van der Waals surface area contributed by atoms with Crippen molar-refractivity contribution in [1.29, 1.82) is 0 Å². The smallest absolute Gasteiger partial charge is 0.221 e. The number of hydrogen-bond acceptors (Lipinski definition) is 3. The van der Waals surface area contributed by atoms with E-state index < -0.39 is 0 Å². The second-order valence-corrected chi connectivity index (χ2v) is 5.25. The van der Waals surface area contributed by atoms with Crippen LogP contribution in [0.5, 0.6) is 0 Å². The number of hydrogen-bond donors (Lipinski definition) is 2. The van der Waals surface area contributed by atoms with Crippen LogP contribution in [-0.2, 0) is 4.79 Å². The zero-order valence-electron chi connectivity index (χ0n) is 10.7. The summed E-state index contributed by atoms with van der Waals surface area (Å²) in [7, 11) is 0. The first kappa shape index (κ1) is 12.8. The lowest BCUT2D eigenvalue weighted by Gasteiger charge is -2.26. The number of likely N-dealkylation sites (tertiary alicyclic amines) is 1. The van der Waals surface area contributed by atoms with Crippen LogP contribution in [-0.4, -0.2) is 49.6 Å². The van der Waals surface area contributed by atoms with Gasteiger partial charge < -0.3 is 15.5 Å². The van der Waals surface area contributed by atoms with Crippen molar-refractivity contribution in [3.05, 3.63) is 0 Å². The van der Waals surface area contributed by atoms with Gasteiger partial charge >= 0.3 is 0 Å². The fourth-order valence-corrected chi connectivity index (χ4v) is 2.76. The maximum atomic E-state index is 11.7. The van der Waals surface area contributed by atoms with Gasteiger partial charge in [0.25, 0.3) is 0 Å². The Balaban J connectivity index is 1.53. The molecule has 1 unspecified atom stereocenters. The third kappa shape index (κ3) is 4.64. The molecule has 0 spiro atoms. The summed E-state index contributed by atoms with van der Waals surface area (Å²) in [6.45, 7) is 5.32. The predicted molar refractivity (Wildman–Crippen MR) is 68.9 cm³/mol. The molecule has 2 heterocycles. The van der Waals surface area contributed by atoms with Gasteiger partial charge in [0, 0.05) is 25.6 Å². The summed E-state index contributed by atoms with van der Waals surface area (Å²) >= 11 is 0. The highest BCUT2D eigenvalue weighted by atomic mass is 16.1. The Bertz CT molecular complexity index is 233. The van der Waals surface area contributed by atoms with E-state index in [1.165, 1.54) is 38.8 Å². The topological polar surface area (TPSA) is 44.4 Å². The first-order chi connectivity index (χ1) is 8.34. The van der Waals surface area contributed by atoms with Crippen molar-refractivity contribution in [1.82, 2.24) is 15.5 Å². The van der Waals surface area contributed by atoms with Crippen molar-refractivity contribution >= 4 is 5.91 Å². The standard InChI is InChI=1S/C13H25N3O/c17-13(11-12-5-4-6-14-12)15-7-10-16-8-2-1-3-9-16/h12,14H,1-11H2,(H,15,17). The molecule has 98 valence electrons. The summed E-state index contributed by atoms with van der Waals surface area (Å²) in [5.74, 6) is 0.210. The normalized spacial score (nSPS) is 26.0. The first-order valence-electron chi connectivity index (χ1n) is 7.07. The molecule has 2 aliphatic rings. The number of nitrogens with one attached hydrogen (secondary N) is 2. The van der Waals surface area contributed by atoms with Crippen molar-refractivity contribution < 1.29 is 4.79 Å². The van der Waals surface area contributed by atoms with E-state index in [0.717, 1.165) is 26.1 Å². The molecule has 0 aromatic rings. The Morgan fingerprint density at radius 2 is 2.06 bits per heavy atom. The summed E-state index contributed by atoms with van der Waals surface area (Å²) in [6.07, 6.45) is 7.03. The minimum Gasteiger partial charge on any atom is -0.355 e. The van der Waals surface area contributed by atoms with Crippen molar-refractivity contribution in [2.24, 2.45) is 0 Å². The number of carbonyl (C=O) groups excluding carboxylic acids is 1. The highest BCUT2D eigenvalue weighted by molar-refractivity contribution is 5.76. The Labute approximate surface area is 104 Å². The van der Waals surface area contributed by atoms with Gasteiger partial charge in [-0.25, -0.2) is 0 Å². The predicted octanol–water partition coefficient (Wildman–Crippen LogP) is 0.731. The molecule has 4 nitrogen and oxygen atoms in total. The molecule has 0 aromatic carbocycles. The highest BCUT2D eigenvalue weighted by Gasteiger charge is 2.17. The van der Waals surface area contributed by atoms with Crippen LogP contribution in [0.2, 0.25) is 0 Å². The number of carbonyl (C=O) groups is 1. The van der Waals surface area contributed by atoms with E-state index in [9.17, 15) is 4.79 Å². The maximum Gasteiger partial charge on any atom is 0.221 e. The fourth-order valence-electron chi connectivity index (χ4n) is 2.76. The molecule has 4 heteroatoms. The van der Waals surface area contributed by atoms with Crippen LogP contribution in [0.15, 0.2) is 0 Å².